The van der Waals surface area contributed by atoms with Gasteiger partial charge in [-0.05, 0) is 47.9 Å². The molecule has 94 valence electrons. The molecule has 0 unspecified atom stereocenters. The van der Waals surface area contributed by atoms with Crippen LogP contribution in [-0.2, 0) is 25.7 Å². The summed E-state index contributed by atoms with van der Waals surface area (Å²) in [7, 11) is 0. The summed E-state index contributed by atoms with van der Waals surface area (Å²) in [6.07, 6.45) is 3.34. The summed E-state index contributed by atoms with van der Waals surface area (Å²) in [5, 5.41) is 19.5. The van der Waals surface area contributed by atoms with Crippen LogP contribution in [0.25, 0.3) is 0 Å². The quantitative estimate of drug-likeness (QED) is 0.779. The highest BCUT2D eigenvalue weighted by molar-refractivity contribution is 5.53. The van der Waals surface area contributed by atoms with Crippen LogP contribution in [0.5, 0.6) is 5.75 Å². The standard InChI is InChI=1S/C17H15NO/c18-11-16-14-7-5-12-1-3-13(4-2-12)6-8-15(10-9-14)17(16)19/h1-4,9-10,19H,5-8H2. The molecular weight excluding hydrogens is 234 g/mol. The van der Waals surface area contributed by atoms with Crippen LogP contribution in [0.3, 0.4) is 0 Å². The maximum absolute atomic E-state index is 10.2. The summed E-state index contributed by atoms with van der Waals surface area (Å²) < 4.78 is 0. The molecule has 2 nitrogen and oxygen atoms in total. The highest BCUT2D eigenvalue weighted by Crippen LogP contribution is 2.28. The van der Waals surface area contributed by atoms with E-state index in [2.05, 4.69) is 30.3 Å². The minimum absolute atomic E-state index is 0.176. The Balaban J connectivity index is 2.09. The van der Waals surface area contributed by atoms with Crippen molar-refractivity contribution in [2.75, 3.05) is 0 Å². The van der Waals surface area contributed by atoms with Crippen molar-refractivity contribution in [3.05, 3.63) is 64.2 Å². The highest BCUT2D eigenvalue weighted by Gasteiger charge is 2.13. The molecule has 0 fully saturated rings. The van der Waals surface area contributed by atoms with E-state index in [4.69, 9.17) is 0 Å². The van der Waals surface area contributed by atoms with E-state index < -0.39 is 0 Å². The van der Waals surface area contributed by atoms with E-state index in [1.165, 1.54) is 11.1 Å². The van der Waals surface area contributed by atoms with Gasteiger partial charge >= 0.3 is 0 Å². The fraction of sp³-hybridized carbons (Fsp3) is 0.235. The number of hydrogen-bond acceptors (Lipinski definition) is 2. The van der Waals surface area contributed by atoms with Crippen molar-refractivity contribution in [1.82, 2.24) is 0 Å². The van der Waals surface area contributed by atoms with Gasteiger partial charge in [0, 0.05) is 0 Å². The molecule has 0 amide bonds. The van der Waals surface area contributed by atoms with Gasteiger partial charge in [-0.2, -0.15) is 5.26 Å². The molecule has 6 rings (SSSR count). The topological polar surface area (TPSA) is 44.0 Å². The summed E-state index contributed by atoms with van der Waals surface area (Å²) in [5.74, 6) is 0.176. The van der Waals surface area contributed by atoms with E-state index in [1.807, 2.05) is 12.1 Å². The van der Waals surface area contributed by atoms with Gasteiger partial charge in [-0.1, -0.05) is 36.4 Å². The Labute approximate surface area is 112 Å². The number of aromatic hydroxyl groups is 1. The van der Waals surface area contributed by atoms with Crippen molar-refractivity contribution in [3.8, 4) is 11.8 Å². The van der Waals surface area contributed by atoms with E-state index in [0.717, 1.165) is 36.8 Å². The summed E-state index contributed by atoms with van der Waals surface area (Å²) in [6.45, 7) is 0. The lowest BCUT2D eigenvalue weighted by Crippen LogP contribution is -2.01. The van der Waals surface area contributed by atoms with E-state index in [-0.39, 0.29) is 5.75 Å². The zero-order chi connectivity index (χ0) is 13.2. The van der Waals surface area contributed by atoms with Crippen molar-refractivity contribution in [2.45, 2.75) is 25.7 Å². The predicted molar refractivity (Wildman–Crippen MR) is 74.1 cm³/mol. The second-order valence-corrected chi connectivity index (χ2v) is 5.04. The summed E-state index contributed by atoms with van der Waals surface area (Å²) >= 11 is 0. The summed E-state index contributed by atoms with van der Waals surface area (Å²) in [5.41, 5.74) is 4.80. The van der Waals surface area contributed by atoms with Gasteiger partial charge in [0.1, 0.15) is 11.8 Å². The summed E-state index contributed by atoms with van der Waals surface area (Å²) in [6, 6.07) is 14.7. The van der Waals surface area contributed by atoms with Crippen LogP contribution in [0.1, 0.15) is 27.8 Å². The van der Waals surface area contributed by atoms with Crippen molar-refractivity contribution in [1.29, 1.82) is 5.26 Å². The molecule has 2 aromatic carbocycles. The van der Waals surface area contributed by atoms with Crippen LogP contribution in [0.15, 0.2) is 36.4 Å². The van der Waals surface area contributed by atoms with E-state index in [0.29, 0.717) is 5.56 Å². The van der Waals surface area contributed by atoms with Gasteiger partial charge in [0.2, 0.25) is 0 Å². The number of rotatable bonds is 0. The molecule has 1 N–H and O–H groups in total. The van der Waals surface area contributed by atoms with Crippen molar-refractivity contribution in [2.24, 2.45) is 0 Å². The average Bonchev–Trinajstić information content (AvgIpc) is 2.43. The predicted octanol–water partition coefficient (Wildman–Crippen LogP) is 3.15. The molecule has 0 radical (unpaired) electrons. The number of nitrogens with zero attached hydrogens (tertiary/aromatic N) is 1. The van der Waals surface area contributed by atoms with Crippen LogP contribution in [0.2, 0.25) is 0 Å². The molecule has 4 bridgehead atoms. The van der Waals surface area contributed by atoms with Crippen LogP contribution >= 0.6 is 0 Å². The van der Waals surface area contributed by atoms with Crippen molar-refractivity contribution in [3.63, 3.8) is 0 Å². The number of nitriles is 1. The van der Waals surface area contributed by atoms with Gasteiger partial charge in [-0.3, -0.25) is 0 Å². The van der Waals surface area contributed by atoms with E-state index >= 15 is 0 Å². The lowest BCUT2D eigenvalue weighted by molar-refractivity contribution is 0.465. The first-order chi connectivity index (χ1) is 9.28. The Morgan fingerprint density at radius 3 is 1.89 bits per heavy atom. The molecular formula is C17H15NO. The van der Waals surface area contributed by atoms with Gasteiger partial charge < -0.3 is 5.11 Å². The molecule has 0 spiro atoms. The maximum atomic E-state index is 10.2. The van der Waals surface area contributed by atoms with Crippen LogP contribution in [0.4, 0.5) is 0 Å². The van der Waals surface area contributed by atoms with Gasteiger partial charge in [0.25, 0.3) is 0 Å². The number of hydrogen-bond donors (Lipinski definition) is 1. The Bertz CT molecular complexity index is 650. The molecule has 19 heavy (non-hydrogen) atoms. The monoisotopic (exact) mass is 249 g/mol. The number of aryl methyl sites for hydroxylation is 4. The Hall–Kier alpha value is -2.27. The van der Waals surface area contributed by atoms with Crippen molar-refractivity contribution >= 4 is 0 Å². The molecule has 0 atom stereocenters. The first kappa shape index (κ1) is 11.8. The molecule has 4 aliphatic rings. The number of benzene rings is 2. The SMILES string of the molecule is N#Cc1c2ccc(c1O)CCc1ccc(cc1)CC2. The molecule has 4 aliphatic carbocycles. The van der Waals surface area contributed by atoms with Gasteiger partial charge in [0.15, 0.2) is 0 Å². The zero-order valence-corrected chi connectivity index (χ0v) is 10.7. The minimum Gasteiger partial charge on any atom is -0.506 e. The first-order valence-corrected chi connectivity index (χ1v) is 6.59. The molecule has 0 saturated carbocycles. The van der Waals surface area contributed by atoms with Crippen LogP contribution in [-0.4, -0.2) is 5.11 Å². The lowest BCUT2D eigenvalue weighted by atomic mass is 9.93. The molecule has 0 saturated heterocycles. The van der Waals surface area contributed by atoms with E-state index in [1.54, 1.807) is 0 Å². The second kappa shape index (κ2) is 4.78. The first-order valence-electron chi connectivity index (χ1n) is 6.59. The van der Waals surface area contributed by atoms with E-state index in [9.17, 15) is 10.4 Å². The molecule has 2 aromatic rings. The fourth-order valence-corrected chi connectivity index (χ4v) is 2.64. The smallest absolute Gasteiger partial charge is 0.136 e. The third kappa shape index (κ3) is 2.20. The Morgan fingerprint density at radius 2 is 1.32 bits per heavy atom. The third-order valence-corrected chi connectivity index (χ3v) is 3.85. The average molecular weight is 249 g/mol. The molecule has 0 aromatic heterocycles. The number of phenols is 1. The van der Waals surface area contributed by atoms with Gasteiger partial charge in [-0.15, -0.1) is 0 Å². The lowest BCUT2D eigenvalue weighted by Gasteiger charge is -2.13. The largest absolute Gasteiger partial charge is 0.506 e. The molecule has 0 aliphatic heterocycles. The van der Waals surface area contributed by atoms with Crippen LogP contribution < -0.4 is 0 Å². The van der Waals surface area contributed by atoms with Crippen LogP contribution in [0, 0.1) is 11.3 Å². The zero-order valence-electron chi connectivity index (χ0n) is 10.7. The Morgan fingerprint density at radius 1 is 0.789 bits per heavy atom. The van der Waals surface area contributed by atoms with Crippen molar-refractivity contribution < 1.29 is 5.11 Å². The Kier molecular flexibility index (Phi) is 2.97. The molecule has 2 heteroatoms. The third-order valence-electron chi connectivity index (χ3n) is 3.85. The minimum atomic E-state index is 0.176. The second-order valence-electron chi connectivity index (χ2n) is 5.04. The number of phenolic OH excluding ortho intramolecular Hbond substituents is 1. The highest BCUT2D eigenvalue weighted by atomic mass is 16.3. The van der Waals surface area contributed by atoms with Gasteiger partial charge in [0.05, 0.1) is 5.56 Å². The normalized spacial score (nSPS) is 13.6. The molecule has 0 heterocycles. The fourth-order valence-electron chi connectivity index (χ4n) is 2.64. The van der Waals surface area contributed by atoms with Gasteiger partial charge in [-0.25, -0.2) is 0 Å². The maximum Gasteiger partial charge on any atom is 0.136 e. The summed E-state index contributed by atoms with van der Waals surface area (Å²) in [4.78, 5) is 0.